The van der Waals surface area contributed by atoms with Crippen molar-refractivity contribution in [1.82, 2.24) is 5.32 Å². The summed E-state index contributed by atoms with van der Waals surface area (Å²) in [5.41, 5.74) is 0. The summed E-state index contributed by atoms with van der Waals surface area (Å²) in [6.07, 6.45) is 12.8. The highest BCUT2D eigenvalue weighted by Crippen LogP contribution is 2.05. The van der Waals surface area contributed by atoms with Crippen LogP contribution >= 0.6 is 0 Å². The van der Waals surface area contributed by atoms with E-state index in [1.807, 2.05) is 0 Å². The topological polar surface area (TPSA) is 35.8 Å². The maximum atomic E-state index is 8.31. The fourth-order valence-corrected chi connectivity index (χ4v) is 1.48. The standard InChI is InChI=1S/C13H24N2/c1-2-3-4-5-6-7-8-9-12-15-13-10-11-14/h2-3,15H,4-10,12-13H2,1H3/b3-2+. The number of hydrogen-bond donors (Lipinski definition) is 1. The van der Waals surface area contributed by atoms with Crippen molar-refractivity contribution >= 4 is 0 Å². The lowest BCUT2D eigenvalue weighted by Gasteiger charge is -2.01. The van der Waals surface area contributed by atoms with Crippen molar-refractivity contribution in [3.8, 4) is 6.07 Å². The lowest BCUT2D eigenvalue weighted by molar-refractivity contribution is 0.580. The van der Waals surface area contributed by atoms with E-state index in [4.69, 9.17) is 5.26 Å². The summed E-state index contributed by atoms with van der Waals surface area (Å²) in [6.45, 7) is 3.99. The van der Waals surface area contributed by atoms with E-state index in [1.54, 1.807) is 0 Å². The zero-order valence-corrected chi connectivity index (χ0v) is 9.97. The van der Waals surface area contributed by atoms with E-state index in [0.717, 1.165) is 13.1 Å². The molecule has 2 heteroatoms. The Balaban J connectivity index is 2.90. The molecule has 0 spiro atoms. The van der Waals surface area contributed by atoms with Crippen molar-refractivity contribution in [3.63, 3.8) is 0 Å². The predicted molar refractivity (Wildman–Crippen MR) is 65.6 cm³/mol. The highest BCUT2D eigenvalue weighted by molar-refractivity contribution is 4.76. The molecule has 0 aliphatic carbocycles. The van der Waals surface area contributed by atoms with Gasteiger partial charge in [0.25, 0.3) is 0 Å². The molecular weight excluding hydrogens is 184 g/mol. The minimum atomic E-state index is 0.628. The van der Waals surface area contributed by atoms with Gasteiger partial charge in [-0.25, -0.2) is 0 Å². The van der Waals surface area contributed by atoms with Crippen molar-refractivity contribution in [1.29, 1.82) is 5.26 Å². The molecule has 0 heterocycles. The summed E-state index contributed by atoms with van der Waals surface area (Å²) >= 11 is 0. The summed E-state index contributed by atoms with van der Waals surface area (Å²) < 4.78 is 0. The highest BCUT2D eigenvalue weighted by atomic mass is 14.8. The number of nitriles is 1. The monoisotopic (exact) mass is 208 g/mol. The van der Waals surface area contributed by atoms with Crippen molar-refractivity contribution in [3.05, 3.63) is 12.2 Å². The van der Waals surface area contributed by atoms with Gasteiger partial charge in [-0.15, -0.1) is 0 Å². The number of nitrogens with one attached hydrogen (secondary N) is 1. The summed E-state index contributed by atoms with van der Waals surface area (Å²) in [5.74, 6) is 0. The van der Waals surface area contributed by atoms with Crippen LogP contribution in [0.2, 0.25) is 0 Å². The molecule has 0 atom stereocenters. The van der Waals surface area contributed by atoms with E-state index < -0.39 is 0 Å². The Morgan fingerprint density at radius 3 is 2.53 bits per heavy atom. The molecule has 0 radical (unpaired) electrons. The first kappa shape index (κ1) is 14.2. The molecule has 0 aliphatic rings. The van der Waals surface area contributed by atoms with E-state index >= 15 is 0 Å². The molecule has 0 aromatic rings. The SMILES string of the molecule is C/C=C/CCCCCCCNCCC#N. The predicted octanol–water partition coefficient (Wildman–Crippen LogP) is 3.41. The molecule has 0 unspecified atom stereocenters. The van der Waals surface area contributed by atoms with Gasteiger partial charge in [0.15, 0.2) is 0 Å². The van der Waals surface area contributed by atoms with Crippen LogP contribution < -0.4 is 5.32 Å². The van der Waals surface area contributed by atoms with Crippen LogP contribution in [0.1, 0.15) is 51.9 Å². The van der Waals surface area contributed by atoms with E-state index in [2.05, 4.69) is 30.5 Å². The van der Waals surface area contributed by atoms with Crippen LogP contribution in [-0.4, -0.2) is 13.1 Å². The second-order valence-electron chi connectivity index (χ2n) is 3.78. The molecule has 0 bridgehead atoms. The summed E-state index contributed by atoms with van der Waals surface area (Å²) in [4.78, 5) is 0. The molecule has 0 aromatic carbocycles. The number of nitrogens with zero attached hydrogens (tertiary/aromatic N) is 1. The van der Waals surface area contributed by atoms with Crippen molar-refractivity contribution in [2.24, 2.45) is 0 Å². The smallest absolute Gasteiger partial charge is 0.0635 e. The molecule has 15 heavy (non-hydrogen) atoms. The van der Waals surface area contributed by atoms with Crippen LogP contribution in [-0.2, 0) is 0 Å². The minimum Gasteiger partial charge on any atom is -0.316 e. The second kappa shape index (κ2) is 13.2. The number of unbranched alkanes of at least 4 members (excludes halogenated alkanes) is 5. The van der Waals surface area contributed by atoms with Crippen molar-refractivity contribution < 1.29 is 0 Å². The van der Waals surface area contributed by atoms with Gasteiger partial charge in [-0.1, -0.05) is 31.4 Å². The minimum absolute atomic E-state index is 0.628. The Morgan fingerprint density at radius 1 is 1.07 bits per heavy atom. The Kier molecular flexibility index (Phi) is 12.5. The first-order valence-electron chi connectivity index (χ1n) is 6.10. The Bertz CT molecular complexity index is 179. The third kappa shape index (κ3) is 13.2. The first-order valence-corrected chi connectivity index (χ1v) is 6.10. The van der Waals surface area contributed by atoms with Crippen molar-refractivity contribution in [2.45, 2.75) is 51.9 Å². The van der Waals surface area contributed by atoms with Crippen LogP contribution in [0.15, 0.2) is 12.2 Å². The van der Waals surface area contributed by atoms with Crippen LogP contribution in [0.25, 0.3) is 0 Å². The molecule has 2 nitrogen and oxygen atoms in total. The summed E-state index contributed by atoms with van der Waals surface area (Å²) in [7, 11) is 0. The van der Waals surface area contributed by atoms with Gasteiger partial charge < -0.3 is 5.32 Å². The molecule has 0 fully saturated rings. The third-order valence-corrected chi connectivity index (χ3v) is 2.37. The van der Waals surface area contributed by atoms with E-state index in [1.165, 1.54) is 38.5 Å². The maximum absolute atomic E-state index is 8.31. The number of hydrogen-bond acceptors (Lipinski definition) is 2. The second-order valence-corrected chi connectivity index (χ2v) is 3.78. The number of allylic oxidation sites excluding steroid dienone is 2. The van der Waals surface area contributed by atoms with Crippen LogP contribution in [0.5, 0.6) is 0 Å². The fraction of sp³-hybridized carbons (Fsp3) is 0.769. The zero-order chi connectivity index (χ0) is 11.2. The number of rotatable bonds is 10. The van der Waals surface area contributed by atoms with E-state index in [9.17, 15) is 0 Å². The zero-order valence-electron chi connectivity index (χ0n) is 9.97. The molecule has 1 N–H and O–H groups in total. The quantitative estimate of drug-likeness (QED) is 0.441. The van der Waals surface area contributed by atoms with Crippen LogP contribution in [0, 0.1) is 11.3 Å². The van der Waals surface area contributed by atoms with Crippen LogP contribution in [0.4, 0.5) is 0 Å². The highest BCUT2D eigenvalue weighted by Gasteiger charge is 1.90. The maximum Gasteiger partial charge on any atom is 0.0635 e. The van der Waals surface area contributed by atoms with Crippen molar-refractivity contribution in [2.75, 3.05) is 13.1 Å². The van der Waals surface area contributed by atoms with Crippen LogP contribution in [0.3, 0.4) is 0 Å². The van der Waals surface area contributed by atoms with Gasteiger partial charge in [-0.2, -0.15) is 5.26 Å². The molecule has 0 aliphatic heterocycles. The molecular formula is C13H24N2. The normalized spacial score (nSPS) is 10.7. The summed E-state index contributed by atoms with van der Waals surface area (Å²) in [5, 5.41) is 11.6. The molecule has 0 saturated heterocycles. The van der Waals surface area contributed by atoms with Gasteiger partial charge in [0, 0.05) is 13.0 Å². The summed E-state index contributed by atoms with van der Waals surface area (Å²) in [6, 6.07) is 2.13. The largest absolute Gasteiger partial charge is 0.316 e. The Labute approximate surface area is 94.4 Å². The van der Waals surface area contributed by atoms with E-state index in [-0.39, 0.29) is 0 Å². The molecule has 0 rings (SSSR count). The lowest BCUT2D eigenvalue weighted by Crippen LogP contribution is -2.15. The van der Waals surface area contributed by atoms with Gasteiger partial charge in [0.2, 0.25) is 0 Å². The van der Waals surface area contributed by atoms with E-state index in [0.29, 0.717) is 6.42 Å². The lowest BCUT2D eigenvalue weighted by atomic mass is 10.1. The average molecular weight is 208 g/mol. The Hall–Kier alpha value is -0.810. The first-order chi connectivity index (χ1) is 7.41. The third-order valence-electron chi connectivity index (χ3n) is 2.37. The fourth-order valence-electron chi connectivity index (χ4n) is 1.48. The van der Waals surface area contributed by atoms with Gasteiger partial charge in [-0.05, 0) is 32.7 Å². The Morgan fingerprint density at radius 2 is 1.80 bits per heavy atom. The van der Waals surface area contributed by atoms with Gasteiger partial charge in [0.1, 0.15) is 0 Å². The molecule has 0 saturated carbocycles. The average Bonchev–Trinajstić information content (AvgIpc) is 2.26. The van der Waals surface area contributed by atoms with Gasteiger partial charge in [-0.3, -0.25) is 0 Å². The molecule has 86 valence electrons. The van der Waals surface area contributed by atoms with Gasteiger partial charge >= 0.3 is 0 Å². The molecule has 0 amide bonds. The van der Waals surface area contributed by atoms with Gasteiger partial charge in [0.05, 0.1) is 6.07 Å². The molecule has 0 aromatic heterocycles.